The van der Waals surface area contributed by atoms with Crippen molar-refractivity contribution in [1.29, 1.82) is 0 Å². The molecule has 2 aromatic rings. The normalized spacial score (nSPS) is 21.3. The van der Waals surface area contributed by atoms with Gasteiger partial charge in [-0.25, -0.2) is 4.79 Å². The van der Waals surface area contributed by atoms with Gasteiger partial charge in [-0.2, -0.15) is 0 Å². The Morgan fingerprint density at radius 2 is 1.42 bits per heavy atom. The SMILES string of the molecule is C#CCC(OC(=O)N(C)[C@H](C(=O)N[C@H](C(=O)N(C)[C@@H]([C@@H](C)CC)[C@@H](CC(=O)N1CCC[C@H]1[C@H](OC)[C@@H](C)C(=O)N[C@H](C)[C@@H](O)c1ccccc1)OC)C(C)C)C(C)C)c1ccc(OC2OC(COC(C)=O)C(OC(C)=O)C(OC(C)=O)C2OC(C)=O)c([N+](=O)[O-])c1. The summed E-state index contributed by atoms with van der Waals surface area (Å²) in [7, 11) is 5.84. The molecule has 4 rings (SSSR count). The van der Waals surface area contributed by atoms with Gasteiger partial charge >= 0.3 is 35.7 Å². The number of esters is 4. The Hall–Kier alpha value is -7.93. The summed E-state index contributed by atoms with van der Waals surface area (Å²) in [6.45, 7) is 18.1. The second kappa shape index (κ2) is 35.0. The number of ether oxygens (including phenoxy) is 9. The van der Waals surface area contributed by atoms with Crippen LogP contribution in [0.25, 0.3) is 0 Å². The molecule has 2 aliphatic heterocycles. The van der Waals surface area contributed by atoms with Gasteiger partial charge < -0.3 is 68.2 Å². The van der Waals surface area contributed by atoms with Gasteiger partial charge in [0.25, 0.3) is 0 Å². The number of nitrogens with one attached hydrogen (secondary N) is 2. The number of likely N-dealkylation sites (N-methyl/N-ethyl adjacent to an activating group) is 2. The van der Waals surface area contributed by atoms with Crippen LogP contribution in [0.1, 0.15) is 139 Å². The second-order valence-corrected chi connectivity index (χ2v) is 23.7. The van der Waals surface area contributed by atoms with Crippen LogP contribution in [0.5, 0.6) is 5.75 Å². The lowest BCUT2D eigenvalue weighted by atomic mass is 9.89. The van der Waals surface area contributed by atoms with Gasteiger partial charge in [0.15, 0.2) is 18.0 Å². The highest BCUT2D eigenvalue weighted by molar-refractivity contribution is 5.92. The molecule has 2 heterocycles. The van der Waals surface area contributed by atoms with Crippen LogP contribution in [-0.2, 0) is 76.3 Å². The average molecular weight is 1280 g/mol. The summed E-state index contributed by atoms with van der Waals surface area (Å²) in [6.07, 6.45) is -6.13. The maximum atomic E-state index is 14.9. The maximum Gasteiger partial charge on any atom is 0.410 e. The largest absolute Gasteiger partial charge is 0.463 e. The molecule has 6 unspecified atom stereocenters. The number of carbonyl (C=O) groups is 9. The molecular weight excluding hydrogens is 1190 g/mol. The smallest absolute Gasteiger partial charge is 0.410 e. The van der Waals surface area contributed by atoms with Crippen molar-refractivity contribution >= 4 is 59.3 Å². The van der Waals surface area contributed by atoms with Gasteiger partial charge in [-0.3, -0.25) is 53.4 Å². The Bertz CT molecular complexity index is 2890. The molecule has 16 atom stereocenters. The highest BCUT2D eigenvalue weighted by atomic mass is 16.7. The number of likely N-dealkylation sites (tertiary alicyclic amines) is 1. The van der Waals surface area contributed by atoms with E-state index in [0.29, 0.717) is 31.4 Å². The first-order chi connectivity index (χ1) is 42.8. The quantitative estimate of drug-likeness (QED) is 0.0275. The number of methoxy groups -OCH3 is 2. The number of hydrogen-bond acceptors (Lipinski definition) is 21. The van der Waals surface area contributed by atoms with Crippen molar-refractivity contribution in [1.82, 2.24) is 25.3 Å². The van der Waals surface area contributed by atoms with Gasteiger partial charge in [-0.15, -0.1) is 12.3 Å². The van der Waals surface area contributed by atoms with E-state index in [2.05, 4.69) is 16.6 Å². The number of rotatable bonds is 31. The predicted molar refractivity (Wildman–Crippen MR) is 327 cm³/mol. The number of hydrogen-bond donors (Lipinski definition) is 3. The Balaban J connectivity index is 1.56. The third-order valence-electron chi connectivity index (χ3n) is 16.4. The monoisotopic (exact) mass is 1280 g/mol. The molecule has 27 heteroatoms. The summed E-state index contributed by atoms with van der Waals surface area (Å²) in [6, 6.07) is 8.14. The van der Waals surface area contributed by atoms with E-state index in [1.807, 2.05) is 19.9 Å². The number of nitro groups is 1. The van der Waals surface area contributed by atoms with Gasteiger partial charge in [0, 0.05) is 74.2 Å². The standard InChI is InChI=1S/C64H92N6O21/c1-18-24-47(44-28-29-48(46(31-44)70(81)82)89-63-59(88-42(13)74)58(87-41(12)73)57(86-40(11)72)50(90-63)33-85-39(10)71)91-64(80)68(15)53(35(5)6)61(78)66-52(34(3)4)62(79)67(14)54(36(7)19-2)49(83-16)32-51(75)69-30-23-27-45(69)56(84-17)37(8)60(77)65-38(9)55(76)43-25-21-20-22-26-43/h1,20-22,25-26,28-29,31,34-38,45,47,49-50,52-59,63,76H,19,23-24,27,30,32-33H2,2-17H3,(H,65,77)(H,66,78)/t36-,37+,38+,45-,47?,49+,50?,52-,53-,54-,55+,56+,57?,58?,59?,63?/m0/s1. The van der Waals surface area contributed by atoms with Crippen LogP contribution in [0.2, 0.25) is 0 Å². The van der Waals surface area contributed by atoms with Crippen LogP contribution < -0.4 is 15.4 Å². The lowest BCUT2D eigenvalue weighted by molar-refractivity contribution is -0.387. The summed E-state index contributed by atoms with van der Waals surface area (Å²) in [5, 5.41) is 29.6. The predicted octanol–water partition coefficient (Wildman–Crippen LogP) is 5.51. The van der Waals surface area contributed by atoms with Gasteiger partial charge in [0.2, 0.25) is 36.0 Å². The molecular formula is C64H92N6O21. The molecule has 0 bridgehead atoms. The van der Waals surface area contributed by atoms with Crippen molar-refractivity contribution in [2.45, 2.75) is 201 Å². The van der Waals surface area contributed by atoms with Crippen molar-refractivity contribution < 1.29 is 95.8 Å². The number of nitro benzene ring substituents is 1. The molecule has 0 aromatic heterocycles. The molecule has 0 saturated carbocycles. The first-order valence-corrected chi connectivity index (χ1v) is 30.4. The summed E-state index contributed by atoms with van der Waals surface area (Å²) in [4.78, 5) is 137. The third-order valence-corrected chi connectivity index (χ3v) is 16.4. The second-order valence-electron chi connectivity index (χ2n) is 23.7. The van der Waals surface area contributed by atoms with Gasteiger partial charge in [0.05, 0.1) is 60.1 Å². The Labute approximate surface area is 532 Å². The number of nitrogens with zero attached hydrogens (tertiary/aromatic N) is 4. The van der Waals surface area contributed by atoms with E-state index >= 15 is 0 Å². The van der Waals surface area contributed by atoms with Gasteiger partial charge in [-0.05, 0) is 49.1 Å². The molecule has 0 aliphatic carbocycles. The van der Waals surface area contributed by atoms with E-state index in [1.54, 1.807) is 77.8 Å². The van der Waals surface area contributed by atoms with Crippen LogP contribution in [0.4, 0.5) is 10.5 Å². The Morgan fingerprint density at radius 1 is 0.802 bits per heavy atom. The van der Waals surface area contributed by atoms with Crippen LogP contribution in [0.15, 0.2) is 48.5 Å². The summed E-state index contributed by atoms with van der Waals surface area (Å²) in [5.41, 5.74) is -0.108. The van der Waals surface area contributed by atoms with Crippen molar-refractivity contribution in [3.63, 3.8) is 0 Å². The molecule has 3 N–H and O–H groups in total. The molecule has 91 heavy (non-hydrogen) atoms. The Kier molecular flexibility index (Phi) is 29.1. The zero-order valence-corrected chi connectivity index (χ0v) is 54.9. The van der Waals surface area contributed by atoms with Crippen LogP contribution in [0, 0.1) is 46.1 Å². The molecule has 5 amide bonds. The van der Waals surface area contributed by atoms with Crippen LogP contribution >= 0.6 is 0 Å². The van der Waals surface area contributed by atoms with Crippen molar-refractivity contribution in [2.75, 3.05) is 41.5 Å². The summed E-state index contributed by atoms with van der Waals surface area (Å²) >= 11 is 0. The fraction of sp³-hybridized carbons (Fsp3) is 0.641. The number of amides is 5. The van der Waals surface area contributed by atoms with Crippen molar-refractivity contribution in [2.24, 2.45) is 23.7 Å². The number of benzene rings is 2. The molecule has 2 aromatic carbocycles. The van der Waals surface area contributed by atoms with Gasteiger partial charge in [-0.1, -0.05) is 91.3 Å². The highest BCUT2D eigenvalue weighted by Gasteiger charge is 2.54. The Morgan fingerprint density at radius 3 is 1.96 bits per heavy atom. The zero-order chi connectivity index (χ0) is 68.3. The van der Waals surface area contributed by atoms with Crippen LogP contribution in [-0.4, -0.2) is 193 Å². The number of aliphatic hydroxyl groups is 1. The maximum absolute atomic E-state index is 14.9. The topological polar surface area (TPSA) is 334 Å². The van der Waals surface area contributed by atoms with Crippen molar-refractivity contribution in [3.05, 3.63) is 69.8 Å². The fourth-order valence-corrected chi connectivity index (χ4v) is 11.6. The van der Waals surface area contributed by atoms with Crippen molar-refractivity contribution in [3.8, 4) is 18.1 Å². The summed E-state index contributed by atoms with van der Waals surface area (Å²) < 4.78 is 51.3. The minimum Gasteiger partial charge on any atom is -0.463 e. The zero-order valence-electron chi connectivity index (χ0n) is 54.9. The molecule has 2 saturated heterocycles. The fourth-order valence-electron chi connectivity index (χ4n) is 11.6. The highest BCUT2D eigenvalue weighted by Crippen LogP contribution is 2.38. The van der Waals surface area contributed by atoms with E-state index in [0.717, 1.165) is 44.7 Å². The minimum absolute atomic E-state index is 0.00745. The number of terminal acetylenes is 1. The molecule has 504 valence electrons. The third kappa shape index (κ3) is 20.3. The molecule has 2 aliphatic rings. The average Bonchev–Trinajstić information content (AvgIpc) is 0.907. The lowest BCUT2D eigenvalue weighted by Gasteiger charge is -2.43. The first-order valence-electron chi connectivity index (χ1n) is 30.4. The van der Waals surface area contributed by atoms with E-state index in [4.69, 9.17) is 49.1 Å². The molecule has 2 fully saturated rings. The number of carbonyl (C=O) groups excluding carboxylic acids is 9. The molecule has 0 radical (unpaired) electrons. The lowest BCUT2D eigenvalue weighted by Crippen LogP contribution is -2.63. The van der Waals surface area contributed by atoms with E-state index in [1.165, 1.54) is 32.2 Å². The molecule has 27 nitrogen and oxygen atoms in total. The summed E-state index contributed by atoms with van der Waals surface area (Å²) in [5.74, 6) is -5.57. The minimum atomic E-state index is -1.84. The first kappa shape index (κ1) is 75.5. The van der Waals surface area contributed by atoms with Gasteiger partial charge in [0.1, 0.15) is 30.9 Å². The van der Waals surface area contributed by atoms with E-state index in [9.17, 15) is 58.4 Å². The molecule has 0 spiro atoms. The number of aliphatic hydroxyl groups excluding tert-OH is 1. The van der Waals surface area contributed by atoms with E-state index < -0.39 is 168 Å². The van der Waals surface area contributed by atoms with E-state index in [-0.39, 0.29) is 36.1 Å². The van der Waals surface area contributed by atoms with Crippen LogP contribution in [0.3, 0.4) is 0 Å².